The Morgan fingerprint density at radius 2 is 2.17 bits per heavy atom. The minimum absolute atomic E-state index is 0.246. The van der Waals surface area contributed by atoms with E-state index in [1.165, 1.54) is 32.1 Å². The molecular formula is C11H22O. The van der Waals surface area contributed by atoms with Crippen molar-refractivity contribution in [3.8, 4) is 0 Å². The second kappa shape index (κ2) is 4.27. The van der Waals surface area contributed by atoms with Gasteiger partial charge in [0.1, 0.15) is 0 Å². The molecule has 1 unspecified atom stereocenters. The molecule has 1 saturated heterocycles. The Morgan fingerprint density at radius 1 is 1.42 bits per heavy atom. The van der Waals surface area contributed by atoms with Crippen LogP contribution in [0.3, 0.4) is 0 Å². The van der Waals surface area contributed by atoms with Gasteiger partial charge in [0.25, 0.3) is 0 Å². The zero-order valence-electron chi connectivity index (χ0n) is 8.73. The lowest BCUT2D eigenvalue weighted by atomic mass is 9.83. The lowest BCUT2D eigenvalue weighted by Gasteiger charge is -2.32. The molecule has 0 saturated carbocycles. The fourth-order valence-corrected chi connectivity index (χ4v) is 2.14. The maximum Gasteiger partial charge on any atom is 0.0706 e. The summed E-state index contributed by atoms with van der Waals surface area (Å²) in [5.41, 5.74) is 0.246. The van der Waals surface area contributed by atoms with Crippen molar-refractivity contribution in [3.05, 3.63) is 0 Å². The Kier molecular flexibility index (Phi) is 3.57. The summed E-state index contributed by atoms with van der Waals surface area (Å²) in [5.74, 6) is 0.687. The third kappa shape index (κ3) is 2.01. The van der Waals surface area contributed by atoms with E-state index >= 15 is 0 Å². The van der Waals surface area contributed by atoms with Crippen molar-refractivity contribution in [2.45, 2.75) is 58.5 Å². The van der Waals surface area contributed by atoms with Crippen LogP contribution in [0.25, 0.3) is 0 Å². The molecular weight excluding hydrogens is 148 g/mol. The fraction of sp³-hybridized carbons (Fsp3) is 1.00. The first-order valence-corrected chi connectivity index (χ1v) is 5.35. The molecule has 0 amide bonds. The minimum atomic E-state index is 0.246. The largest absolute Gasteiger partial charge is 0.375 e. The Balaban J connectivity index is 2.47. The molecule has 72 valence electrons. The molecule has 1 nitrogen and oxygen atoms in total. The predicted molar refractivity (Wildman–Crippen MR) is 52.3 cm³/mol. The highest BCUT2D eigenvalue weighted by Gasteiger charge is 2.37. The number of hydrogen-bond acceptors (Lipinski definition) is 1. The van der Waals surface area contributed by atoms with Gasteiger partial charge in [-0.05, 0) is 25.2 Å². The van der Waals surface area contributed by atoms with Crippen LogP contribution in [0.4, 0.5) is 0 Å². The van der Waals surface area contributed by atoms with E-state index in [1.54, 1.807) is 0 Å². The normalized spacial score (nSPS) is 30.0. The molecule has 1 rings (SSSR count). The zero-order chi connectivity index (χ0) is 9.03. The molecule has 1 heteroatoms. The van der Waals surface area contributed by atoms with Gasteiger partial charge in [-0.15, -0.1) is 0 Å². The number of rotatable bonds is 4. The van der Waals surface area contributed by atoms with Gasteiger partial charge in [0.05, 0.1) is 5.60 Å². The van der Waals surface area contributed by atoms with E-state index in [1.807, 2.05) is 0 Å². The van der Waals surface area contributed by atoms with E-state index in [9.17, 15) is 0 Å². The second-order valence-corrected chi connectivity index (χ2v) is 4.28. The fourth-order valence-electron chi connectivity index (χ4n) is 2.14. The van der Waals surface area contributed by atoms with Crippen LogP contribution in [0, 0.1) is 5.92 Å². The molecule has 1 aliphatic heterocycles. The van der Waals surface area contributed by atoms with Gasteiger partial charge in [-0.25, -0.2) is 0 Å². The van der Waals surface area contributed by atoms with Crippen molar-refractivity contribution in [1.82, 2.24) is 0 Å². The molecule has 1 fully saturated rings. The standard InChI is InChI=1S/C11H22O/c1-4-5-7-11(10(2)3)8-6-9-12-11/h10H,4-9H2,1-3H3. The zero-order valence-corrected chi connectivity index (χ0v) is 8.73. The van der Waals surface area contributed by atoms with Crippen LogP contribution in [-0.4, -0.2) is 12.2 Å². The molecule has 1 atom stereocenters. The molecule has 0 spiro atoms. The summed E-state index contributed by atoms with van der Waals surface area (Å²) in [4.78, 5) is 0. The number of unbranched alkanes of at least 4 members (excludes halogenated alkanes) is 1. The lowest BCUT2D eigenvalue weighted by Crippen LogP contribution is -2.34. The van der Waals surface area contributed by atoms with E-state index in [0.717, 1.165) is 6.61 Å². The van der Waals surface area contributed by atoms with Gasteiger partial charge < -0.3 is 4.74 Å². The van der Waals surface area contributed by atoms with Gasteiger partial charge in [-0.2, -0.15) is 0 Å². The molecule has 12 heavy (non-hydrogen) atoms. The summed E-state index contributed by atoms with van der Waals surface area (Å²) < 4.78 is 5.90. The van der Waals surface area contributed by atoms with Gasteiger partial charge in [0.2, 0.25) is 0 Å². The monoisotopic (exact) mass is 170 g/mol. The Labute approximate surface area is 76.5 Å². The molecule has 0 aliphatic carbocycles. The third-order valence-electron chi connectivity index (χ3n) is 3.14. The highest BCUT2D eigenvalue weighted by atomic mass is 16.5. The van der Waals surface area contributed by atoms with Crippen molar-refractivity contribution >= 4 is 0 Å². The number of ether oxygens (including phenoxy) is 1. The second-order valence-electron chi connectivity index (χ2n) is 4.28. The average molecular weight is 170 g/mol. The van der Waals surface area contributed by atoms with Crippen LogP contribution >= 0.6 is 0 Å². The topological polar surface area (TPSA) is 9.23 Å². The first kappa shape index (κ1) is 10.0. The van der Waals surface area contributed by atoms with E-state index in [0.29, 0.717) is 5.92 Å². The maximum absolute atomic E-state index is 5.90. The van der Waals surface area contributed by atoms with Gasteiger partial charge in [0, 0.05) is 6.61 Å². The predicted octanol–water partition coefficient (Wildman–Crippen LogP) is 3.38. The molecule has 0 aromatic heterocycles. The lowest BCUT2D eigenvalue weighted by molar-refractivity contribution is -0.0408. The molecule has 1 aliphatic rings. The Morgan fingerprint density at radius 3 is 2.58 bits per heavy atom. The first-order valence-electron chi connectivity index (χ1n) is 5.35. The highest BCUT2D eigenvalue weighted by Crippen LogP contribution is 2.37. The highest BCUT2D eigenvalue weighted by molar-refractivity contribution is 4.87. The van der Waals surface area contributed by atoms with Crippen molar-refractivity contribution in [2.75, 3.05) is 6.61 Å². The maximum atomic E-state index is 5.90. The molecule has 0 aromatic carbocycles. The van der Waals surface area contributed by atoms with E-state index in [2.05, 4.69) is 20.8 Å². The summed E-state index contributed by atoms with van der Waals surface area (Å²) in [6, 6.07) is 0. The Bertz CT molecular complexity index is 123. The molecule has 1 heterocycles. The summed E-state index contributed by atoms with van der Waals surface area (Å²) in [7, 11) is 0. The quantitative estimate of drug-likeness (QED) is 0.628. The number of hydrogen-bond donors (Lipinski definition) is 0. The summed E-state index contributed by atoms with van der Waals surface area (Å²) in [5, 5.41) is 0. The molecule has 0 aromatic rings. The summed E-state index contributed by atoms with van der Waals surface area (Å²) in [6.45, 7) is 7.83. The van der Waals surface area contributed by atoms with Gasteiger partial charge in [0.15, 0.2) is 0 Å². The van der Waals surface area contributed by atoms with Crippen LogP contribution < -0.4 is 0 Å². The van der Waals surface area contributed by atoms with Crippen LogP contribution in [0.2, 0.25) is 0 Å². The van der Waals surface area contributed by atoms with Crippen LogP contribution in [0.5, 0.6) is 0 Å². The van der Waals surface area contributed by atoms with Crippen molar-refractivity contribution in [3.63, 3.8) is 0 Å². The van der Waals surface area contributed by atoms with Crippen LogP contribution in [0.1, 0.15) is 52.9 Å². The molecule has 0 N–H and O–H groups in total. The van der Waals surface area contributed by atoms with E-state index < -0.39 is 0 Å². The SMILES string of the molecule is CCCCC1(C(C)C)CCCO1. The molecule has 0 bridgehead atoms. The Hall–Kier alpha value is -0.0400. The van der Waals surface area contributed by atoms with Crippen molar-refractivity contribution in [1.29, 1.82) is 0 Å². The van der Waals surface area contributed by atoms with E-state index in [4.69, 9.17) is 4.74 Å². The van der Waals surface area contributed by atoms with Crippen molar-refractivity contribution in [2.24, 2.45) is 5.92 Å². The van der Waals surface area contributed by atoms with Crippen molar-refractivity contribution < 1.29 is 4.74 Å². The third-order valence-corrected chi connectivity index (χ3v) is 3.14. The smallest absolute Gasteiger partial charge is 0.0706 e. The van der Waals surface area contributed by atoms with Gasteiger partial charge >= 0.3 is 0 Å². The van der Waals surface area contributed by atoms with E-state index in [-0.39, 0.29) is 5.60 Å². The summed E-state index contributed by atoms with van der Waals surface area (Å²) in [6.07, 6.45) is 6.42. The minimum Gasteiger partial charge on any atom is -0.375 e. The van der Waals surface area contributed by atoms with Crippen LogP contribution in [0.15, 0.2) is 0 Å². The summed E-state index contributed by atoms with van der Waals surface area (Å²) >= 11 is 0. The van der Waals surface area contributed by atoms with Crippen LogP contribution in [-0.2, 0) is 4.74 Å². The average Bonchev–Trinajstić information content (AvgIpc) is 2.50. The molecule has 0 radical (unpaired) electrons. The first-order chi connectivity index (χ1) is 5.71. The van der Waals surface area contributed by atoms with Gasteiger partial charge in [-0.1, -0.05) is 33.6 Å². The van der Waals surface area contributed by atoms with Gasteiger partial charge in [-0.3, -0.25) is 0 Å².